The Bertz CT molecular complexity index is 445. The van der Waals surface area contributed by atoms with Gasteiger partial charge in [0.25, 0.3) is 0 Å². The van der Waals surface area contributed by atoms with E-state index in [1.165, 1.54) is 12.1 Å². The summed E-state index contributed by atoms with van der Waals surface area (Å²) in [6, 6.07) is 6.90. The van der Waals surface area contributed by atoms with Crippen LogP contribution in [0.15, 0.2) is 24.3 Å². The second-order valence-corrected chi connectivity index (χ2v) is 5.14. The van der Waals surface area contributed by atoms with Gasteiger partial charge in [0.05, 0.1) is 6.04 Å². The molecule has 0 spiro atoms. The van der Waals surface area contributed by atoms with Crippen molar-refractivity contribution in [1.82, 2.24) is 4.90 Å². The average molecular weight is 264 g/mol. The number of rotatable bonds is 3. The van der Waals surface area contributed by atoms with Crippen molar-refractivity contribution >= 4 is 11.5 Å². The number of nitrogens with zero attached hydrogens (tertiary/aromatic N) is 2. The van der Waals surface area contributed by atoms with E-state index in [2.05, 4.69) is 16.7 Å². The van der Waals surface area contributed by atoms with Gasteiger partial charge in [-0.15, -0.1) is 0 Å². The van der Waals surface area contributed by atoms with Crippen molar-refractivity contribution in [2.24, 2.45) is 5.73 Å². The molecule has 1 heterocycles. The van der Waals surface area contributed by atoms with E-state index in [-0.39, 0.29) is 17.7 Å². The second-order valence-electron chi connectivity index (χ2n) is 5.14. The average Bonchev–Trinajstić information content (AvgIpc) is 2.38. The van der Waals surface area contributed by atoms with Crippen LogP contribution >= 0.6 is 0 Å². The Kier molecular flexibility index (Phi) is 4.04. The molecule has 1 aromatic rings. The standard InChI is InChI=1S/C14H21FN4/c1-10-9-18(13-5-3-12(15)4-6-13)7-8-19(10)11(2)14(16)17/h3-6,10-11H,7-9H2,1-2H3,(H3,16,17). The Labute approximate surface area is 113 Å². The topological polar surface area (TPSA) is 56.4 Å². The third-order valence-electron chi connectivity index (χ3n) is 3.82. The summed E-state index contributed by atoms with van der Waals surface area (Å²) in [7, 11) is 0. The van der Waals surface area contributed by atoms with E-state index >= 15 is 0 Å². The van der Waals surface area contributed by atoms with E-state index in [4.69, 9.17) is 11.1 Å². The Morgan fingerprint density at radius 3 is 2.53 bits per heavy atom. The van der Waals surface area contributed by atoms with E-state index in [0.29, 0.717) is 6.04 Å². The molecule has 2 unspecified atom stereocenters. The molecule has 104 valence electrons. The van der Waals surface area contributed by atoms with Crippen LogP contribution in [0.25, 0.3) is 0 Å². The van der Waals surface area contributed by atoms with Crippen molar-refractivity contribution in [2.45, 2.75) is 25.9 Å². The molecule has 1 aliphatic heterocycles. The molecule has 1 saturated heterocycles. The fourth-order valence-corrected chi connectivity index (χ4v) is 2.61. The summed E-state index contributed by atoms with van der Waals surface area (Å²) in [6.45, 7) is 6.69. The molecule has 0 aromatic heterocycles. The zero-order chi connectivity index (χ0) is 14.0. The lowest BCUT2D eigenvalue weighted by atomic mass is 10.1. The highest BCUT2D eigenvalue weighted by atomic mass is 19.1. The van der Waals surface area contributed by atoms with Gasteiger partial charge in [-0.1, -0.05) is 0 Å². The molecule has 0 bridgehead atoms. The van der Waals surface area contributed by atoms with Crippen LogP contribution in [0.4, 0.5) is 10.1 Å². The zero-order valence-corrected chi connectivity index (χ0v) is 11.4. The number of benzene rings is 1. The normalized spacial score (nSPS) is 22.3. The highest BCUT2D eigenvalue weighted by Gasteiger charge is 2.28. The van der Waals surface area contributed by atoms with Gasteiger partial charge in [0.1, 0.15) is 11.7 Å². The van der Waals surface area contributed by atoms with Gasteiger partial charge in [0, 0.05) is 31.4 Å². The molecule has 4 nitrogen and oxygen atoms in total. The largest absolute Gasteiger partial charge is 0.386 e. The Morgan fingerprint density at radius 2 is 2.00 bits per heavy atom. The van der Waals surface area contributed by atoms with Crippen molar-refractivity contribution in [3.8, 4) is 0 Å². The lowest BCUT2D eigenvalue weighted by Crippen LogP contribution is -2.57. The summed E-state index contributed by atoms with van der Waals surface area (Å²) in [5, 5.41) is 7.55. The Balaban J connectivity index is 2.03. The molecule has 0 amide bonds. The third kappa shape index (κ3) is 3.04. The van der Waals surface area contributed by atoms with Crippen molar-refractivity contribution in [3.63, 3.8) is 0 Å². The molecular formula is C14H21FN4. The molecule has 3 N–H and O–H groups in total. The van der Waals surface area contributed by atoms with Crippen LogP contribution < -0.4 is 10.6 Å². The lowest BCUT2D eigenvalue weighted by molar-refractivity contribution is 0.171. The predicted octanol–water partition coefficient (Wildman–Crippen LogP) is 1.66. The first-order valence-corrected chi connectivity index (χ1v) is 6.59. The summed E-state index contributed by atoms with van der Waals surface area (Å²) < 4.78 is 12.9. The number of amidine groups is 1. The molecular weight excluding hydrogens is 243 g/mol. The fourth-order valence-electron chi connectivity index (χ4n) is 2.61. The van der Waals surface area contributed by atoms with Gasteiger partial charge in [-0.3, -0.25) is 10.3 Å². The van der Waals surface area contributed by atoms with Crippen LogP contribution in [-0.2, 0) is 0 Å². The van der Waals surface area contributed by atoms with E-state index in [0.717, 1.165) is 25.3 Å². The first-order chi connectivity index (χ1) is 8.99. The number of hydrogen-bond acceptors (Lipinski definition) is 3. The number of nitrogens with one attached hydrogen (secondary N) is 1. The molecule has 19 heavy (non-hydrogen) atoms. The smallest absolute Gasteiger partial charge is 0.123 e. The number of halogens is 1. The van der Waals surface area contributed by atoms with Crippen LogP contribution in [0.3, 0.4) is 0 Å². The molecule has 1 aliphatic rings. The van der Waals surface area contributed by atoms with Crippen molar-refractivity contribution in [1.29, 1.82) is 5.41 Å². The van der Waals surface area contributed by atoms with E-state index in [1.54, 1.807) is 0 Å². The van der Waals surface area contributed by atoms with Crippen LogP contribution in [0.5, 0.6) is 0 Å². The summed E-state index contributed by atoms with van der Waals surface area (Å²) in [6.07, 6.45) is 0. The van der Waals surface area contributed by atoms with Crippen LogP contribution in [-0.4, -0.2) is 42.5 Å². The minimum absolute atomic E-state index is 0.0228. The van der Waals surface area contributed by atoms with Gasteiger partial charge in [0.2, 0.25) is 0 Å². The van der Waals surface area contributed by atoms with Gasteiger partial charge >= 0.3 is 0 Å². The maximum Gasteiger partial charge on any atom is 0.123 e. The van der Waals surface area contributed by atoms with Crippen molar-refractivity contribution in [2.75, 3.05) is 24.5 Å². The number of hydrogen-bond donors (Lipinski definition) is 2. The fraction of sp³-hybridized carbons (Fsp3) is 0.500. The van der Waals surface area contributed by atoms with Gasteiger partial charge < -0.3 is 10.6 Å². The van der Waals surface area contributed by atoms with Crippen LogP contribution in [0.1, 0.15) is 13.8 Å². The monoisotopic (exact) mass is 264 g/mol. The summed E-state index contributed by atoms with van der Waals surface area (Å²) in [5.41, 5.74) is 6.62. The van der Waals surface area contributed by atoms with Gasteiger partial charge in [-0.2, -0.15) is 0 Å². The van der Waals surface area contributed by atoms with Crippen molar-refractivity contribution in [3.05, 3.63) is 30.1 Å². The highest BCUT2D eigenvalue weighted by Crippen LogP contribution is 2.20. The maximum atomic E-state index is 12.9. The minimum atomic E-state index is -0.208. The number of anilines is 1. The highest BCUT2D eigenvalue weighted by molar-refractivity contribution is 5.82. The molecule has 0 aliphatic carbocycles. The Morgan fingerprint density at radius 1 is 1.37 bits per heavy atom. The van der Waals surface area contributed by atoms with Gasteiger partial charge in [-0.05, 0) is 38.1 Å². The quantitative estimate of drug-likeness (QED) is 0.645. The molecule has 2 rings (SSSR count). The predicted molar refractivity (Wildman–Crippen MR) is 76.2 cm³/mol. The first kappa shape index (κ1) is 13.8. The lowest BCUT2D eigenvalue weighted by Gasteiger charge is -2.43. The van der Waals surface area contributed by atoms with Gasteiger partial charge in [0.15, 0.2) is 0 Å². The Hall–Kier alpha value is -1.62. The van der Waals surface area contributed by atoms with E-state index in [9.17, 15) is 4.39 Å². The molecule has 0 radical (unpaired) electrons. The summed E-state index contributed by atoms with van der Waals surface area (Å²) in [5.74, 6) is 0.00252. The molecule has 1 fully saturated rings. The summed E-state index contributed by atoms with van der Waals surface area (Å²) >= 11 is 0. The first-order valence-electron chi connectivity index (χ1n) is 6.59. The van der Waals surface area contributed by atoms with Crippen LogP contribution in [0.2, 0.25) is 0 Å². The van der Waals surface area contributed by atoms with E-state index < -0.39 is 0 Å². The summed E-state index contributed by atoms with van der Waals surface area (Å²) in [4.78, 5) is 4.48. The van der Waals surface area contributed by atoms with Crippen molar-refractivity contribution < 1.29 is 4.39 Å². The number of nitrogens with two attached hydrogens (primary N) is 1. The van der Waals surface area contributed by atoms with E-state index in [1.807, 2.05) is 19.1 Å². The second kappa shape index (κ2) is 5.57. The maximum absolute atomic E-state index is 12.9. The van der Waals surface area contributed by atoms with Crippen LogP contribution in [0, 0.1) is 11.2 Å². The molecule has 5 heteroatoms. The zero-order valence-electron chi connectivity index (χ0n) is 11.4. The molecule has 0 saturated carbocycles. The third-order valence-corrected chi connectivity index (χ3v) is 3.82. The number of piperazine rings is 1. The SMILES string of the molecule is CC1CN(c2ccc(F)cc2)CCN1C(C)C(=N)N. The minimum Gasteiger partial charge on any atom is -0.386 e. The van der Waals surface area contributed by atoms with Gasteiger partial charge in [-0.25, -0.2) is 4.39 Å². The molecule has 1 aromatic carbocycles. The molecule has 2 atom stereocenters.